The van der Waals surface area contributed by atoms with Gasteiger partial charge in [0.1, 0.15) is 17.4 Å². The molecule has 2 rings (SSSR count). The van der Waals surface area contributed by atoms with E-state index in [1.165, 1.54) is 24.3 Å². The summed E-state index contributed by atoms with van der Waals surface area (Å²) in [5.41, 5.74) is 7.00. The second kappa shape index (κ2) is 7.75. The lowest BCUT2D eigenvalue weighted by molar-refractivity contribution is -0.274. The number of allylic oxidation sites excluding steroid dienone is 1. The molecular weight excluding hydrogens is 337 g/mol. The summed E-state index contributed by atoms with van der Waals surface area (Å²) < 4.78 is 45.0. The molecule has 6 nitrogen and oxygen atoms in total. The molecule has 25 heavy (non-hydrogen) atoms. The molecule has 1 aliphatic heterocycles. The fourth-order valence-corrected chi connectivity index (χ4v) is 1.82. The number of nitrogens with zero attached hydrogens (tertiary/aromatic N) is 1. The molecular formula is C16H15F3N4O2. The number of benzene rings is 1. The van der Waals surface area contributed by atoms with Crippen LogP contribution in [0.2, 0.25) is 0 Å². The van der Waals surface area contributed by atoms with Crippen LogP contribution >= 0.6 is 0 Å². The van der Waals surface area contributed by atoms with Gasteiger partial charge in [-0.25, -0.2) is 4.99 Å². The zero-order valence-electron chi connectivity index (χ0n) is 12.9. The Labute approximate surface area is 141 Å². The highest BCUT2D eigenvalue weighted by atomic mass is 19.4. The second-order valence-electron chi connectivity index (χ2n) is 5.04. The van der Waals surface area contributed by atoms with E-state index in [9.17, 15) is 13.2 Å². The lowest BCUT2D eigenvalue weighted by Gasteiger charge is -2.16. The van der Waals surface area contributed by atoms with Gasteiger partial charge in [0.05, 0.1) is 18.9 Å². The van der Waals surface area contributed by atoms with E-state index < -0.39 is 6.36 Å². The highest BCUT2D eigenvalue weighted by molar-refractivity contribution is 6.11. The molecule has 0 bridgehead atoms. The fourth-order valence-electron chi connectivity index (χ4n) is 1.82. The number of alkyl halides is 3. The van der Waals surface area contributed by atoms with E-state index in [4.69, 9.17) is 21.3 Å². The van der Waals surface area contributed by atoms with Crippen LogP contribution < -0.4 is 10.5 Å². The van der Waals surface area contributed by atoms with Crippen molar-refractivity contribution < 1.29 is 22.6 Å². The molecule has 1 aromatic carbocycles. The minimum Gasteiger partial charge on any atom is -0.406 e. The van der Waals surface area contributed by atoms with Gasteiger partial charge in [-0.05, 0) is 53.6 Å². The molecule has 0 radical (unpaired) electrons. The van der Waals surface area contributed by atoms with Gasteiger partial charge in [0.25, 0.3) is 0 Å². The molecule has 1 aliphatic rings. The van der Waals surface area contributed by atoms with Crippen LogP contribution in [-0.4, -0.2) is 37.0 Å². The summed E-state index contributed by atoms with van der Waals surface area (Å²) in [5.74, 6) is -0.365. The second-order valence-corrected chi connectivity index (χ2v) is 5.04. The first-order chi connectivity index (χ1) is 11.7. The monoisotopic (exact) mass is 352 g/mol. The number of nitrogens with one attached hydrogen (secondary N) is 2. The zero-order valence-corrected chi connectivity index (χ0v) is 12.9. The van der Waals surface area contributed by atoms with Crippen LogP contribution in [0.1, 0.15) is 5.56 Å². The van der Waals surface area contributed by atoms with E-state index in [1.54, 1.807) is 6.08 Å². The molecule has 1 saturated heterocycles. The predicted octanol–water partition coefficient (Wildman–Crippen LogP) is 2.80. The smallest absolute Gasteiger partial charge is 0.406 e. The minimum absolute atomic E-state index is 0.00262. The Morgan fingerprint density at radius 2 is 1.80 bits per heavy atom. The van der Waals surface area contributed by atoms with Gasteiger partial charge in [-0.3, -0.25) is 5.41 Å². The van der Waals surface area contributed by atoms with E-state index in [2.05, 4.69) is 9.73 Å². The minimum atomic E-state index is -4.76. The van der Waals surface area contributed by atoms with Gasteiger partial charge in [-0.15, -0.1) is 13.2 Å². The Kier molecular flexibility index (Phi) is 5.71. The maximum absolute atomic E-state index is 12.1. The summed E-state index contributed by atoms with van der Waals surface area (Å²) in [4.78, 5) is 3.84. The molecule has 0 aliphatic carbocycles. The molecule has 0 unspecified atom stereocenters. The number of halogens is 3. The Hall–Kier alpha value is -2.94. The summed E-state index contributed by atoms with van der Waals surface area (Å²) in [6.07, 6.45) is -0.567. The molecule has 9 heteroatoms. The summed E-state index contributed by atoms with van der Waals surface area (Å²) in [7, 11) is 0. The normalized spacial score (nSPS) is 15.0. The number of hydrogen-bond acceptors (Lipinski definition) is 4. The van der Waals surface area contributed by atoms with E-state index >= 15 is 0 Å². The van der Waals surface area contributed by atoms with Crippen molar-refractivity contribution in [2.24, 2.45) is 10.7 Å². The van der Waals surface area contributed by atoms with Gasteiger partial charge in [0.2, 0.25) is 0 Å². The Balaban J connectivity index is 1.95. The van der Waals surface area contributed by atoms with Crippen molar-refractivity contribution >= 4 is 17.4 Å². The van der Waals surface area contributed by atoms with Crippen molar-refractivity contribution in [2.45, 2.75) is 6.36 Å². The SMILES string of the molecule is N=C(/C=C\C(=N)c1ccc(OC(F)(F)F)cc1)N=C(N)C=C1COC1. The number of hydrogen-bond donors (Lipinski definition) is 3. The highest BCUT2D eigenvalue weighted by Gasteiger charge is 2.30. The number of aliphatic imine (C=N–C) groups is 1. The molecule has 0 amide bonds. The zero-order chi connectivity index (χ0) is 18.4. The molecule has 132 valence electrons. The average molecular weight is 352 g/mol. The van der Waals surface area contributed by atoms with Crippen LogP contribution in [0.4, 0.5) is 13.2 Å². The predicted molar refractivity (Wildman–Crippen MR) is 87.3 cm³/mol. The maximum Gasteiger partial charge on any atom is 0.573 e. The van der Waals surface area contributed by atoms with Gasteiger partial charge in [0.15, 0.2) is 0 Å². The molecule has 0 aromatic heterocycles. The molecule has 0 saturated carbocycles. The number of ether oxygens (including phenoxy) is 2. The number of rotatable bonds is 5. The third-order valence-electron chi connectivity index (χ3n) is 2.98. The van der Waals surface area contributed by atoms with E-state index in [0.717, 1.165) is 17.7 Å². The first kappa shape index (κ1) is 18.4. The highest BCUT2D eigenvalue weighted by Crippen LogP contribution is 2.22. The van der Waals surface area contributed by atoms with Crippen LogP contribution in [0.25, 0.3) is 0 Å². The molecule has 0 atom stereocenters. The molecule has 1 aromatic rings. The lowest BCUT2D eigenvalue weighted by atomic mass is 10.1. The van der Waals surface area contributed by atoms with Crippen molar-refractivity contribution in [2.75, 3.05) is 13.2 Å². The van der Waals surface area contributed by atoms with Gasteiger partial charge in [0, 0.05) is 0 Å². The number of amidine groups is 2. The summed E-state index contributed by atoms with van der Waals surface area (Å²) in [6.45, 7) is 0.996. The van der Waals surface area contributed by atoms with Crippen molar-refractivity contribution in [1.82, 2.24) is 0 Å². The standard InChI is InChI=1S/C16H15F3N4O2/c17-16(18,19)25-12-3-1-11(2-4-12)13(20)5-6-14(21)23-15(22)7-10-8-24-9-10/h1-7,20H,8-9H2,(H3,21,22,23)/b6-5-,20-13?. The van der Waals surface area contributed by atoms with Crippen molar-refractivity contribution in [3.63, 3.8) is 0 Å². The van der Waals surface area contributed by atoms with E-state index in [0.29, 0.717) is 18.8 Å². The number of nitrogens with two attached hydrogens (primary N) is 1. The molecule has 0 spiro atoms. The summed E-state index contributed by atoms with van der Waals surface area (Å²) >= 11 is 0. The van der Waals surface area contributed by atoms with Gasteiger partial charge in [-0.1, -0.05) is 0 Å². The van der Waals surface area contributed by atoms with Crippen LogP contribution in [0.3, 0.4) is 0 Å². The largest absolute Gasteiger partial charge is 0.573 e. The van der Waals surface area contributed by atoms with E-state index in [1.807, 2.05) is 0 Å². The van der Waals surface area contributed by atoms with Gasteiger partial charge < -0.3 is 20.6 Å². The van der Waals surface area contributed by atoms with Crippen LogP contribution in [0, 0.1) is 10.8 Å². The van der Waals surface area contributed by atoms with Gasteiger partial charge in [-0.2, -0.15) is 0 Å². The Morgan fingerprint density at radius 1 is 1.16 bits per heavy atom. The molecule has 1 fully saturated rings. The van der Waals surface area contributed by atoms with Gasteiger partial charge >= 0.3 is 6.36 Å². The Bertz CT molecular complexity index is 744. The fraction of sp³-hybridized carbons (Fsp3) is 0.188. The van der Waals surface area contributed by atoms with Crippen molar-refractivity contribution in [1.29, 1.82) is 10.8 Å². The summed E-state index contributed by atoms with van der Waals surface area (Å²) in [6, 6.07) is 4.85. The maximum atomic E-state index is 12.1. The first-order valence-electron chi connectivity index (χ1n) is 7.05. The van der Waals surface area contributed by atoms with Crippen LogP contribution in [0.5, 0.6) is 5.75 Å². The third kappa shape index (κ3) is 6.22. The quantitative estimate of drug-likeness (QED) is 0.560. The summed E-state index contributed by atoms with van der Waals surface area (Å²) in [5, 5.41) is 15.5. The lowest BCUT2D eigenvalue weighted by Crippen LogP contribution is -2.20. The first-order valence-corrected chi connectivity index (χ1v) is 7.05. The topological polar surface area (TPSA) is 105 Å². The van der Waals surface area contributed by atoms with Crippen molar-refractivity contribution in [3.05, 3.63) is 53.6 Å². The van der Waals surface area contributed by atoms with Crippen molar-refractivity contribution in [3.8, 4) is 5.75 Å². The van der Waals surface area contributed by atoms with Crippen LogP contribution in [0.15, 0.2) is 53.1 Å². The Morgan fingerprint density at radius 3 is 2.32 bits per heavy atom. The van der Waals surface area contributed by atoms with Crippen LogP contribution in [-0.2, 0) is 4.74 Å². The van der Waals surface area contributed by atoms with E-state index in [-0.39, 0.29) is 23.1 Å². The average Bonchev–Trinajstić information content (AvgIpc) is 2.48. The molecule has 4 N–H and O–H groups in total. The molecule has 1 heterocycles. The third-order valence-corrected chi connectivity index (χ3v) is 2.98.